The number of aryl methyl sites for hydroxylation is 3. The van der Waals surface area contributed by atoms with Gasteiger partial charge in [0.15, 0.2) is 5.82 Å². The molecule has 0 saturated heterocycles. The summed E-state index contributed by atoms with van der Waals surface area (Å²) in [4.78, 5) is 8.92. The van der Waals surface area contributed by atoms with Gasteiger partial charge in [-0.2, -0.15) is 5.10 Å². The van der Waals surface area contributed by atoms with Gasteiger partial charge in [-0.25, -0.2) is 9.97 Å². The zero-order valence-corrected chi connectivity index (χ0v) is 12.5. The molecule has 2 heterocycles. The van der Waals surface area contributed by atoms with E-state index in [1.165, 1.54) is 0 Å². The molecule has 0 saturated carbocycles. The Kier molecular flexibility index (Phi) is 3.38. The molecular weight excluding hydrogens is 294 g/mol. The lowest BCUT2D eigenvalue weighted by Gasteiger charge is -2.07. The number of halogens is 1. The molecule has 2 aromatic rings. The van der Waals surface area contributed by atoms with Crippen LogP contribution in [0.15, 0.2) is 4.47 Å². The Hall–Kier alpha value is -1.43. The highest BCUT2D eigenvalue weighted by Crippen LogP contribution is 2.28. The second-order valence-electron chi connectivity index (χ2n) is 4.22. The van der Waals surface area contributed by atoms with Gasteiger partial charge in [0.05, 0.1) is 21.4 Å². The molecule has 5 nitrogen and oxygen atoms in total. The molecule has 0 aromatic carbocycles. The Morgan fingerprint density at radius 3 is 2.44 bits per heavy atom. The fraction of sp³-hybridized carbons (Fsp3) is 0.417. The van der Waals surface area contributed by atoms with Crippen molar-refractivity contribution in [1.29, 1.82) is 0 Å². The minimum Gasteiger partial charge on any atom is -0.383 e. The van der Waals surface area contributed by atoms with E-state index >= 15 is 0 Å². The first-order valence-electron chi connectivity index (χ1n) is 5.78. The standard InChI is InChI=1S/C12H16BrN5/c1-5-8-10(13)11(14)16-12(15-8)9-6(2)17-18(4)7(9)3/h5H2,1-4H3,(H2,14,15,16). The number of rotatable bonds is 2. The van der Waals surface area contributed by atoms with Gasteiger partial charge in [-0.3, -0.25) is 4.68 Å². The quantitative estimate of drug-likeness (QED) is 0.925. The summed E-state index contributed by atoms with van der Waals surface area (Å²) >= 11 is 3.42. The summed E-state index contributed by atoms with van der Waals surface area (Å²) in [5, 5.41) is 4.38. The molecule has 0 unspecified atom stereocenters. The van der Waals surface area contributed by atoms with Gasteiger partial charge in [-0.15, -0.1) is 0 Å². The van der Waals surface area contributed by atoms with Crippen LogP contribution in [0, 0.1) is 13.8 Å². The smallest absolute Gasteiger partial charge is 0.165 e. The first-order chi connectivity index (χ1) is 8.45. The van der Waals surface area contributed by atoms with Crippen molar-refractivity contribution in [3.63, 3.8) is 0 Å². The van der Waals surface area contributed by atoms with Crippen LogP contribution in [-0.4, -0.2) is 19.7 Å². The van der Waals surface area contributed by atoms with E-state index in [0.717, 1.165) is 33.5 Å². The summed E-state index contributed by atoms with van der Waals surface area (Å²) in [6, 6.07) is 0. The van der Waals surface area contributed by atoms with E-state index in [2.05, 4.69) is 31.0 Å². The molecule has 0 spiro atoms. The maximum Gasteiger partial charge on any atom is 0.165 e. The lowest BCUT2D eigenvalue weighted by Crippen LogP contribution is -2.03. The van der Waals surface area contributed by atoms with Crippen LogP contribution in [0.25, 0.3) is 11.4 Å². The average Bonchev–Trinajstić information content (AvgIpc) is 2.57. The number of hydrogen-bond acceptors (Lipinski definition) is 4. The van der Waals surface area contributed by atoms with E-state index in [0.29, 0.717) is 11.6 Å². The van der Waals surface area contributed by atoms with Gasteiger partial charge in [0.25, 0.3) is 0 Å². The Morgan fingerprint density at radius 1 is 1.28 bits per heavy atom. The number of hydrogen-bond donors (Lipinski definition) is 1. The molecule has 0 fully saturated rings. The van der Waals surface area contributed by atoms with E-state index in [4.69, 9.17) is 5.73 Å². The van der Waals surface area contributed by atoms with Crippen molar-refractivity contribution in [2.45, 2.75) is 27.2 Å². The Morgan fingerprint density at radius 2 is 1.94 bits per heavy atom. The largest absolute Gasteiger partial charge is 0.383 e. The molecule has 6 heteroatoms. The number of nitrogen functional groups attached to an aromatic ring is 1. The lowest BCUT2D eigenvalue weighted by atomic mass is 10.1. The van der Waals surface area contributed by atoms with Crippen molar-refractivity contribution >= 4 is 21.7 Å². The van der Waals surface area contributed by atoms with Crippen molar-refractivity contribution in [3.05, 3.63) is 21.6 Å². The minimum absolute atomic E-state index is 0.472. The molecule has 0 amide bonds. The van der Waals surface area contributed by atoms with Crippen LogP contribution in [0.4, 0.5) is 5.82 Å². The monoisotopic (exact) mass is 309 g/mol. The highest BCUT2D eigenvalue weighted by Gasteiger charge is 2.17. The van der Waals surface area contributed by atoms with Gasteiger partial charge in [0.2, 0.25) is 0 Å². The van der Waals surface area contributed by atoms with E-state index in [1.807, 2.05) is 32.5 Å². The van der Waals surface area contributed by atoms with Crippen LogP contribution in [-0.2, 0) is 13.5 Å². The summed E-state index contributed by atoms with van der Waals surface area (Å²) in [7, 11) is 1.91. The van der Waals surface area contributed by atoms with Crippen LogP contribution < -0.4 is 5.73 Å². The summed E-state index contributed by atoms with van der Waals surface area (Å²) in [5.41, 5.74) is 9.75. The maximum atomic E-state index is 5.92. The Bertz CT molecular complexity index is 603. The van der Waals surface area contributed by atoms with Gasteiger partial charge < -0.3 is 5.73 Å². The summed E-state index contributed by atoms with van der Waals surface area (Å²) < 4.78 is 2.62. The summed E-state index contributed by atoms with van der Waals surface area (Å²) in [6.07, 6.45) is 0.804. The van der Waals surface area contributed by atoms with Gasteiger partial charge >= 0.3 is 0 Å². The maximum absolute atomic E-state index is 5.92. The highest BCUT2D eigenvalue weighted by atomic mass is 79.9. The molecule has 0 bridgehead atoms. The molecule has 0 aliphatic heterocycles. The molecule has 2 N–H and O–H groups in total. The lowest BCUT2D eigenvalue weighted by molar-refractivity contribution is 0.731. The molecule has 2 aromatic heterocycles. The third-order valence-electron chi connectivity index (χ3n) is 3.01. The van der Waals surface area contributed by atoms with E-state index in [-0.39, 0.29) is 0 Å². The normalized spacial score (nSPS) is 10.9. The van der Waals surface area contributed by atoms with Gasteiger partial charge in [-0.1, -0.05) is 6.92 Å². The molecule has 2 rings (SSSR count). The number of anilines is 1. The van der Waals surface area contributed by atoms with E-state index in [1.54, 1.807) is 0 Å². The van der Waals surface area contributed by atoms with Crippen LogP contribution in [0.2, 0.25) is 0 Å². The second kappa shape index (κ2) is 4.68. The fourth-order valence-corrected chi connectivity index (χ4v) is 2.41. The summed E-state index contributed by atoms with van der Waals surface area (Å²) in [5.74, 6) is 1.12. The Labute approximate surface area is 115 Å². The van der Waals surface area contributed by atoms with Gasteiger partial charge in [0.1, 0.15) is 5.82 Å². The van der Waals surface area contributed by atoms with E-state index < -0.39 is 0 Å². The zero-order valence-electron chi connectivity index (χ0n) is 11.0. The third-order valence-corrected chi connectivity index (χ3v) is 3.88. The first-order valence-corrected chi connectivity index (χ1v) is 6.57. The van der Waals surface area contributed by atoms with Crippen LogP contribution >= 0.6 is 15.9 Å². The molecule has 0 aliphatic carbocycles. The van der Waals surface area contributed by atoms with Crippen molar-refractivity contribution in [1.82, 2.24) is 19.7 Å². The molecule has 0 atom stereocenters. The highest BCUT2D eigenvalue weighted by molar-refractivity contribution is 9.10. The number of aromatic nitrogens is 4. The van der Waals surface area contributed by atoms with Crippen LogP contribution in [0.1, 0.15) is 24.0 Å². The van der Waals surface area contributed by atoms with Gasteiger partial charge in [0, 0.05) is 12.7 Å². The molecule has 18 heavy (non-hydrogen) atoms. The van der Waals surface area contributed by atoms with Crippen molar-refractivity contribution < 1.29 is 0 Å². The number of nitrogens with two attached hydrogens (primary N) is 1. The predicted octanol–water partition coefficient (Wildman–Crippen LogP) is 2.40. The molecular formula is C12H16BrN5. The first kappa shape index (κ1) is 13.0. The van der Waals surface area contributed by atoms with Crippen LogP contribution in [0.3, 0.4) is 0 Å². The predicted molar refractivity (Wildman–Crippen MR) is 75.2 cm³/mol. The second-order valence-corrected chi connectivity index (χ2v) is 5.01. The van der Waals surface area contributed by atoms with Crippen molar-refractivity contribution in [2.75, 3.05) is 5.73 Å². The zero-order chi connectivity index (χ0) is 13.4. The average molecular weight is 310 g/mol. The SMILES string of the molecule is CCc1nc(-c2c(C)nn(C)c2C)nc(N)c1Br. The minimum atomic E-state index is 0.472. The fourth-order valence-electron chi connectivity index (χ4n) is 1.96. The third kappa shape index (κ3) is 2.01. The van der Waals surface area contributed by atoms with E-state index in [9.17, 15) is 0 Å². The van der Waals surface area contributed by atoms with Crippen LogP contribution in [0.5, 0.6) is 0 Å². The number of nitrogens with zero attached hydrogens (tertiary/aromatic N) is 4. The topological polar surface area (TPSA) is 69.6 Å². The summed E-state index contributed by atoms with van der Waals surface area (Å²) in [6.45, 7) is 6.00. The molecule has 0 radical (unpaired) electrons. The van der Waals surface area contributed by atoms with Gasteiger partial charge in [-0.05, 0) is 36.2 Å². The van der Waals surface area contributed by atoms with Crippen molar-refractivity contribution in [3.8, 4) is 11.4 Å². The molecule has 0 aliphatic rings. The molecule has 96 valence electrons. The Balaban J connectivity index is 2.68. The van der Waals surface area contributed by atoms with Crippen molar-refractivity contribution in [2.24, 2.45) is 7.05 Å².